The Kier molecular flexibility index (Phi) is 6.02. The van der Waals surface area contributed by atoms with E-state index in [1.54, 1.807) is 25.3 Å². The lowest BCUT2D eigenvalue weighted by Gasteiger charge is -2.15. The van der Waals surface area contributed by atoms with Crippen LogP contribution in [-0.4, -0.2) is 26.6 Å². The molecule has 0 spiro atoms. The Balaban J connectivity index is 1.91. The van der Waals surface area contributed by atoms with E-state index in [0.29, 0.717) is 23.0 Å². The summed E-state index contributed by atoms with van der Waals surface area (Å²) in [5, 5.41) is 3.34. The van der Waals surface area contributed by atoms with Gasteiger partial charge in [0.2, 0.25) is 0 Å². The summed E-state index contributed by atoms with van der Waals surface area (Å²) < 4.78 is 5.10. The predicted octanol–water partition coefficient (Wildman–Crippen LogP) is 2.31. The molecular weight excluding hydrogens is 312 g/mol. The molecule has 2 N–H and O–H groups in total. The molecular formula is C18H22ClN2O2+. The Morgan fingerprint density at radius 1 is 1.26 bits per heavy atom. The van der Waals surface area contributed by atoms with Gasteiger partial charge in [0.15, 0.2) is 6.54 Å². The second-order valence-corrected chi connectivity index (χ2v) is 6.04. The van der Waals surface area contributed by atoms with Gasteiger partial charge in [-0.05, 0) is 30.7 Å². The van der Waals surface area contributed by atoms with E-state index in [-0.39, 0.29) is 5.91 Å². The van der Waals surface area contributed by atoms with Crippen molar-refractivity contribution in [2.24, 2.45) is 0 Å². The van der Waals surface area contributed by atoms with Gasteiger partial charge >= 0.3 is 0 Å². The van der Waals surface area contributed by atoms with E-state index in [4.69, 9.17) is 16.3 Å². The van der Waals surface area contributed by atoms with E-state index in [1.165, 1.54) is 11.1 Å². The van der Waals surface area contributed by atoms with Crippen molar-refractivity contribution in [2.45, 2.75) is 13.5 Å². The molecule has 4 nitrogen and oxygen atoms in total. The van der Waals surface area contributed by atoms with E-state index in [2.05, 4.69) is 24.4 Å². The number of anilines is 1. The topological polar surface area (TPSA) is 42.8 Å². The Bertz CT molecular complexity index is 688. The normalized spacial score (nSPS) is 11.8. The van der Waals surface area contributed by atoms with Gasteiger partial charge in [-0.2, -0.15) is 0 Å². The fourth-order valence-electron chi connectivity index (χ4n) is 2.42. The zero-order valence-corrected chi connectivity index (χ0v) is 14.4. The first-order valence-corrected chi connectivity index (χ1v) is 7.86. The monoisotopic (exact) mass is 333 g/mol. The molecule has 0 aromatic heterocycles. The van der Waals surface area contributed by atoms with Gasteiger partial charge in [-0.1, -0.05) is 35.9 Å². The highest BCUT2D eigenvalue weighted by Gasteiger charge is 2.12. The van der Waals surface area contributed by atoms with Crippen LogP contribution in [0.25, 0.3) is 0 Å². The van der Waals surface area contributed by atoms with E-state index in [9.17, 15) is 4.79 Å². The molecule has 5 heteroatoms. The highest BCUT2D eigenvalue weighted by molar-refractivity contribution is 6.32. The summed E-state index contributed by atoms with van der Waals surface area (Å²) in [7, 11) is 3.57. The van der Waals surface area contributed by atoms with Crippen molar-refractivity contribution in [3.63, 3.8) is 0 Å². The number of hydrogen-bond acceptors (Lipinski definition) is 2. The molecule has 0 bridgehead atoms. The molecule has 2 aromatic carbocycles. The third kappa shape index (κ3) is 4.98. The number of likely N-dealkylation sites (N-methyl/N-ethyl adjacent to an activating group) is 1. The van der Waals surface area contributed by atoms with Gasteiger partial charge < -0.3 is 15.0 Å². The quantitative estimate of drug-likeness (QED) is 0.852. The number of hydrogen-bond donors (Lipinski definition) is 2. The molecule has 0 aliphatic carbocycles. The zero-order chi connectivity index (χ0) is 16.8. The molecule has 1 atom stereocenters. The number of benzene rings is 2. The third-order valence-electron chi connectivity index (χ3n) is 3.65. The van der Waals surface area contributed by atoms with Gasteiger partial charge in [0, 0.05) is 11.3 Å². The lowest BCUT2D eigenvalue weighted by atomic mass is 10.1. The van der Waals surface area contributed by atoms with Crippen LogP contribution < -0.4 is 15.0 Å². The maximum atomic E-state index is 12.2. The minimum Gasteiger partial charge on any atom is -0.495 e. The number of rotatable bonds is 6. The van der Waals surface area contributed by atoms with Crippen LogP contribution in [0.2, 0.25) is 5.02 Å². The summed E-state index contributed by atoms with van der Waals surface area (Å²) in [5.74, 6) is 0.546. The maximum Gasteiger partial charge on any atom is 0.279 e. The molecule has 2 aromatic rings. The SMILES string of the molecule is COc1ccc(NC(=O)C[NH+](C)Cc2ccccc2C)cc1Cl. The zero-order valence-electron chi connectivity index (χ0n) is 13.7. The van der Waals surface area contributed by atoms with Gasteiger partial charge in [0.25, 0.3) is 5.91 Å². The third-order valence-corrected chi connectivity index (χ3v) is 3.95. The van der Waals surface area contributed by atoms with Crippen molar-refractivity contribution >= 4 is 23.2 Å². The number of carbonyl (C=O) groups is 1. The van der Waals surface area contributed by atoms with Crippen molar-refractivity contribution in [1.29, 1.82) is 0 Å². The average Bonchev–Trinajstić information content (AvgIpc) is 2.49. The molecule has 23 heavy (non-hydrogen) atoms. The van der Waals surface area contributed by atoms with Gasteiger partial charge in [0.1, 0.15) is 12.3 Å². The first-order valence-electron chi connectivity index (χ1n) is 7.49. The van der Waals surface area contributed by atoms with Crippen LogP contribution in [0.4, 0.5) is 5.69 Å². The fraction of sp³-hybridized carbons (Fsp3) is 0.278. The van der Waals surface area contributed by atoms with E-state index >= 15 is 0 Å². The molecule has 1 amide bonds. The van der Waals surface area contributed by atoms with Gasteiger partial charge in [-0.25, -0.2) is 0 Å². The first-order chi connectivity index (χ1) is 11.0. The molecule has 0 fully saturated rings. The lowest BCUT2D eigenvalue weighted by Crippen LogP contribution is -3.08. The Morgan fingerprint density at radius 3 is 2.65 bits per heavy atom. The smallest absolute Gasteiger partial charge is 0.279 e. The molecule has 0 aliphatic rings. The number of nitrogens with one attached hydrogen (secondary N) is 2. The van der Waals surface area contributed by atoms with Crippen LogP contribution in [0.3, 0.4) is 0 Å². The molecule has 0 heterocycles. The van der Waals surface area contributed by atoms with Crippen LogP contribution in [0, 0.1) is 6.92 Å². The van der Waals surface area contributed by atoms with Crippen LogP contribution in [-0.2, 0) is 11.3 Å². The van der Waals surface area contributed by atoms with Crippen LogP contribution >= 0.6 is 11.6 Å². The van der Waals surface area contributed by atoms with Crippen molar-refractivity contribution in [2.75, 3.05) is 26.0 Å². The van der Waals surface area contributed by atoms with E-state index in [1.807, 2.05) is 19.2 Å². The fourth-order valence-corrected chi connectivity index (χ4v) is 2.68. The highest BCUT2D eigenvalue weighted by atomic mass is 35.5. The van der Waals surface area contributed by atoms with Crippen molar-refractivity contribution in [1.82, 2.24) is 0 Å². The average molecular weight is 334 g/mol. The van der Waals surface area contributed by atoms with Crippen molar-refractivity contribution in [3.05, 3.63) is 58.6 Å². The molecule has 122 valence electrons. The number of carbonyl (C=O) groups excluding carboxylic acids is 1. The van der Waals surface area contributed by atoms with Gasteiger partial charge in [-0.3, -0.25) is 4.79 Å². The summed E-state index contributed by atoms with van der Waals surface area (Å²) in [5.41, 5.74) is 3.17. The minimum atomic E-state index is -0.0442. The summed E-state index contributed by atoms with van der Waals surface area (Å²) >= 11 is 6.06. The van der Waals surface area contributed by atoms with Crippen LogP contribution in [0.15, 0.2) is 42.5 Å². The Hall–Kier alpha value is -2.04. The number of halogens is 1. The molecule has 0 saturated heterocycles. The number of aryl methyl sites for hydroxylation is 1. The van der Waals surface area contributed by atoms with Crippen molar-refractivity contribution in [3.8, 4) is 5.75 Å². The largest absolute Gasteiger partial charge is 0.495 e. The standard InChI is InChI=1S/C18H21ClN2O2/c1-13-6-4-5-7-14(13)11-21(2)12-18(22)20-15-8-9-17(23-3)16(19)10-15/h4-10H,11-12H2,1-3H3,(H,20,22)/p+1. The highest BCUT2D eigenvalue weighted by Crippen LogP contribution is 2.27. The van der Waals surface area contributed by atoms with Crippen LogP contribution in [0.5, 0.6) is 5.75 Å². The maximum absolute atomic E-state index is 12.2. The lowest BCUT2D eigenvalue weighted by molar-refractivity contribution is -0.885. The molecule has 2 rings (SSSR count). The molecule has 0 saturated carbocycles. The molecule has 1 unspecified atom stereocenters. The van der Waals surface area contributed by atoms with Crippen LogP contribution in [0.1, 0.15) is 11.1 Å². The molecule has 0 radical (unpaired) electrons. The predicted molar refractivity (Wildman–Crippen MR) is 93.3 cm³/mol. The van der Waals surface area contributed by atoms with E-state index < -0.39 is 0 Å². The second kappa shape index (κ2) is 7.99. The summed E-state index contributed by atoms with van der Waals surface area (Å²) in [6, 6.07) is 13.4. The number of ether oxygens (including phenoxy) is 1. The summed E-state index contributed by atoms with van der Waals surface area (Å²) in [4.78, 5) is 13.3. The molecule has 0 aliphatic heterocycles. The second-order valence-electron chi connectivity index (χ2n) is 5.63. The van der Waals surface area contributed by atoms with Crippen molar-refractivity contribution < 1.29 is 14.4 Å². The summed E-state index contributed by atoms with van der Waals surface area (Å²) in [6.45, 7) is 3.28. The number of quaternary nitrogens is 1. The summed E-state index contributed by atoms with van der Waals surface area (Å²) in [6.07, 6.45) is 0. The Morgan fingerprint density at radius 2 is 2.00 bits per heavy atom. The number of methoxy groups -OCH3 is 1. The van der Waals surface area contributed by atoms with E-state index in [0.717, 1.165) is 11.4 Å². The first kappa shape index (κ1) is 17.3. The van der Waals surface area contributed by atoms with Gasteiger partial charge in [-0.15, -0.1) is 0 Å². The van der Waals surface area contributed by atoms with Gasteiger partial charge in [0.05, 0.1) is 19.2 Å². The Labute approximate surface area is 142 Å². The number of amides is 1. The minimum absolute atomic E-state index is 0.0442.